The minimum absolute atomic E-state index is 0.279. The predicted molar refractivity (Wildman–Crippen MR) is 90.9 cm³/mol. The Morgan fingerprint density at radius 1 is 0.958 bits per heavy atom. The van der Waals surface area contributed by atoms with Gasteiger partial charge in [-0.15, -0.1) is 0 Å². The van der Waals surface area contributed by atoms with E-state index in [-0.39, 0.29) is 5.91 Å². The Morgan fingerprint density at radius 3 is 1.96 bits per heavy atom. The van der Waals surface area contributed by atoms with Crippen LogP contribution in [0, 0.1) is 0 Å². The number of anilines is 1. The number of hydrogen-bond acceptors (Lipinski definition) is 3. The average Bonchev–Trinajstić information content (AvgIpc) is 2.87. The molecule has 5 nitrogen and oxygen atoms in total. The second kappa shape index (κ2) is 6.28. The molecular weight excluding hydrogens is 304 g/mol. The monoisotopic (exact) mass is 322 g/mol. The lowest BCUT2D eigenvalue weighted by atomic mass is 10.1. The summed E-state index contributed by atoms with van der Waals surface area (Å²) in [7, 11) is 0. The van der Waals surface area contributed by atoms with Crippen molar-refractivity contribution in [1.82, 2.24) is 4.90 Å². The standard InChI is InChI=1S/C19H18N2O3/c1-3-20(14-9-5-4-6-10-14)17(22)13(2)21-18(23)15-11-7-8-12-16(15)19(21)24/h4-13H,3H2,1-2H3. The van der Waals surface area contributed by atoms with Gasteiger partial charge >= 0.3 is 0 Å². The molecule has 0 radical (unpaired) electrons. The predicted octanol–water partition coefficient (Wildman–Crippen LogP) is 2.72. The van der Waals surface area contributed by atoms with E-state index in [0.717, 1.165) is 10.6 Å². The Hall–Kier alpha value is -2.95. The maximum Gasteiger partial charge on any atom is 0.262 e. The van der Waals surface area contributed by atoms with Gasteiger partial charge in [0.15, 0.2) is 0 Å². The Bertz CT molecular complexity index is 766. The number of para-hydroxylation sites is 1. The van der Waals surface area contributed by atoms with Gasteiger partial charge < -0.3 is 4.90 Å². The van der Waals surface area contributed by atoms with Crippen molar-refractivity contribution in [1.29, 1.82) is 0 Å². The van der Waals surface area contributed by atoms with Gasteiger partial charge in [0.05, 0.1) is 11.1 Å². The maximum atomic E-state index is 12.9. The Labute approximate surface area is 140 Å². The highest BCUT2D eigenvalue weighted by Crippen LogP contribution is 2.26. The summed E-state index contributed by atoms with van der Waals surface area (Å²) in [5.41, 5.74) is 1.45. The number of carbonyl (C=O) groups excluding carboxylic acids is 3. The molecule has 122 valence electrons. The van der Waals surface area contributed by atoms with Crippen molar-refractivity contribution in [2.24, 2.45) is 0 Å². The van der Waals surface area contributed by atoms with Crippen molar-refractivity contribution in [3.8, 4) is 0 Å². The largest absolute Gasteiger partial charge is 0.311 e. The summed E-state index contributed by atoms with van der Waals surface area (Å²) in [4.78, 5) is 40.6. The van der Waals surface area contributed by atoms with Crippen LogP contribution in [0.2, 0.25) is 0 Å². The summed E-state index contributed by atoms with van der Waals surface area (Å²) >= 11 is 0. The van der Waals surface area contributed by atoms with E-state index >= 15 is 0 Å². The number of carbonyl (C=O) groups is 3. The SMILES string of the molecule is CCN(C(=O)C(C)N1C(=O)c2ccccc2C1=O)c1ccccc1. The zero-order chi connectivity index (χ0) is 17.3. The number of rotatable bonds is 4. The third kappa shape index (κ3) is 2.48. The van der Waals surface area contributed by atoms with Gasteiger partial charge in [0.25, 0.3) is 11.8 Å². The molecule has 0 aliphatic carbocycles. The molecule has 3 amide bonds. The number of nitrogens with zero attached hydrogens (tertiary/aromatic N) is 2. The van der Waals surface area contributed by atoms with Crippen LogP contribution < -0.4 is 4.90 Å². The quantitative estimate of drug-likeness (QED) is 0.813. The minimum atomic E-state index is -0.863. The fourth-order valence-electron chi connectivity index (χ4n) is 2.97. The molecular formula is C19H18N2O3. The lowest BCUT2D eigenvalue weighted by Gasteiger charge is -2.28. The number of benzene rings is 2. The summed E-state index contributed by atoms with van der Waals surface area (Å²) in [6.07, 6.45) is 0. The van der Waals surface area contributed by atoms with E-state index in [4.69, 9.17) is 0 Å². The molecule has 1 atom stereocenters. The first-order chi connectivity index (χ1) is 11.6. The molecule has 1 heterocycles. The van der Waals surface area contributed by atoms with Crippen LogP contribution in [0.15, 0.2) is 54.6 Å². The molecule has 5 heteroatoms. The van der Waals surface area contributed by atoms with Crippen molar-refractivity contribution >= 4 is 23.4 Å². The van der Waals surface area contributed by atoms with E-state index in [1.165, 1.54) is 0 Å². The van der Waals surface area contributed by atoms with Crippen LogP contribution in [-0.4, -0.2) is 35.2 Å². The summed E-state index contributed by atoms with van der Waals surface area (Å²) in [6, 6.07) is 15.0. The van der Waals surface area contributed by atoms with E-state index < -0.39 is 17.9 Å². The fourth-order valence-corrected chi connectivity index (χ4v) is 2.97. The van der Waals surface area contributed by atoms with Gasteiger partial charge in [-0.1, -0.05) is 30.3 Å². The molecule has 0 fully saturated rings. The summed E-state index contributed by atoms with van der Waals surface area (Å²) in [5, 5.41) is 0. The van der Waals surface area contributed by atoms with Crippen LogP contribution in [0.1, 0.15) is 34.6 Å². The maximum absolute atomic E-state index is 12.9. The Balaban J connectivity index is 1.89. The second-order valence-electron chi connectivity index (χ2n) is 5.62. The number of likely N-dealkylation sites (N-methyl/N-ethyl adjacent to an activating group) is 1. The van der Waals surface area contributed by atoms with E-state index in [1.807, 2.05) is 37.3 Å². The van der Waals surface area contributed by atoms with Crippen LogP contribution in [0.5, 0.6) is 0 Å². The molecule has 0 N–H and O–H groups in total. The zero-order valence-electron chi connectivity index (χ0n) is 13.6. The van der Waals surface area contributed by atoms with Gasteiger partial charge in [0.2, 0.25) is 5.91 Å². The Kier molecular flexibility index (Phi) is 4.16. The number of imide groups is 1. The van der Waals surface area contributed by atoms with Gasteiger partial charge in [-0.3, -0.25) is 19.3 Å². The highest BCUT2D eigenvalue weighted by atomic mass is 16.2. The molecule has 0 saturated heterocycles. The molecule has 0 bridgehead atoms. The molecule has 1 aliphatic rings. The lowest BCUT2D eigenvalue weighted by molar-refractivity contribution is -0.121. The van der Waals surface area contributed by atoms with Crippen molar-refractivity contribution in [3.05, 3.63) is 65.7 Å². The summed E-state index contributed by atoms with van der Waals surface area (Å²) in [5.74, 6) is -1.11. The van der Waals surface area contributed by atoms with Gasteiger partial charge in [0, 0.05) is 12.2 Å². The minimum Gasteiger partial charge on any atom is -0.311 e. The first kappa shape index (κ1) is 15.9. The number of fused-ring (bicyclic) bond motifs is 1. The van der Waals surface area contributed by atoms with Gasteiger partial charge in [-0.2, -0.15) is 0 Å². The van der Waals surface area contributed by atoms with Crippen LogP contribution in [0.3, 0.4) is 0 Å². The molecule has 3 rings (SSSR count). The van der Waals surface area contributed by atoms with Crippen LogP contribution in [-0.2, 0) is 4.79 Å². The Morgan fingerprint density at radius 2 is 1.46 bits per heavy atom. The van der Waals surface area contributed by atoms with Crippen molar-refractivity contribution in [2.45, 2.75) is 19.9 Å². The summed E-state index contributed by atoms with van der Waals surface area (Å²) < 4.78 is 0. The number of amides is 3. The molecule has 1 aliphatic heterocycles. The molecule has 24 heavy (non-hydrogen) atoms. The summed E-state index contributed by atoms with van der Waals surface area (Å²) in [6.45, 7) is 3.91. The van der Waals surface area contributed by atoms with E-state index in [9.17, 15) is 14.4 Å². The van der Waals surface area contributed by atoms with E-state index in [1.54, 1.807) is 36.1 Å². The van der Waals surface area contributed by atoms with Gasteiger partial charge in [-0.05, 0) is 38.1 Å². The van der Waals surface area contributed by atoms with Crippen LogP contribution in [0.4, 0.5) is 5.69 Å². The first-order valence-electron chi connectivity index (χ1n) is 7.89. The normalized spacial score (nSPS) is 14.5. The topological polar surface area (TPSA) is 57.7 Å². The molecule has 2 aromatic carbocycles. The van der Waals surface area contributed by atoms with Gasteiger partial charge in [0.1, 0.15) is 6.04 Å². The molecule has 1 unspecified atom stereocenters. The third-order valence-electron chi connectivity index (χ3n) is 4.22. The fraction of sp³-hybridized carbons (Fsp3) is 0.211. The van der Waals surface area contributed by atoms with Crippen molar-refractivity contribution < 1.29 is 14.4 Å². The first-order valence-corrected chi connectivity index (χ1v) is 7.89. The van der Waals surface area contributed by atoms with Crippen molar-refractivity contribution in [3.63, 3.8) is 0 Å². The van der Waals surface area contributed by atoms with Crippen LogP contribution in [0.25, 0.3) is 0 Å². The van der Waals surface area contributed by atoms with Crippen molar-refractivity contribution in [2.75, 3.05) is 11.4 Å². The van der Waals surface area contributed by atoms with Gasteiger partial charge in [-0.25, -0.2) is 0 Å². The molecule has 0 saturated carbocycles. The molecule has 0 spiro atoms. The number of hydrogen-bond donors (Lipinski definition) is 0. The highest BCUT2D eigenvalue weighted by molar-refractivity contribution is 6.23. The smallest absolute Gasteiger partial charge is 0.262 e. The average molecular weight is 322 g/mol. The zero-order valence-corrected chi connectivity index (χ0v) is 13.6. The van der Waals surface area contributed by atoms with E-state index in [0.29, 0.717) is 17.7 Å². The second-order valence-corrected chi connectivity index (χ2v) is 5.62. The third-order valence-corrected chi connectivity index (χ3v) is 4.22. The van der Waals surface area contributed by atoms with E-state index in [2.05, 4.69) is 0 Å². The lowest BCUT2D eigenvalue weighted by Crippen LogP contribution is -2.49. The van der Waals surface area contributed by atoms with Crippen LogP contribution >= 0.6 is 0 Å². The molecule has 0 aromatic heterocycles. The molecule has 2 aromatic rings. The highest BCUT2D eigenvalue weighted by Gasteiger charge is 2.41.